The van der Waals surface area contributed by atoms with Crippen LogP contribution in [0.25, 0.3) is 0 Å². The van der Waals surface area contributed by atoms with Crippen LogP contribution in [-0.4, -0.2) is 0 Å². The minimum atomic E-state index is 1.19. The molecule has 1 heteroatoms. The summed E-state index contributed by atoms with van der Waals surface area (Å²) in [5.41, 5.74) is 1.33. The number of rotatable bonds is 2. The van der Waals surface area contributed by atoms with Gasteiger partial charge in [0.05, 0.1) is 0 Å². The standard InChI is InChI=1S/C13H14S/c1-11-7-9-13(10-8-11)14-12-5-3-2-4-6-12/h2-3,5,7-10H,4,6H2,1H3. The van der Waals surface area contributed by atoms with Gasteiger partial charge in [0, 0.05) is 4.90 Å². The van der Waals surface area contributed by atoms with Gasteiger partial charge in [-0.1, -0.05) is 47.7 Å². The zero-order chi connectivity index (χ0) is 9.80. The number of allylic oxidation sites excluding steroid dienone is 4. The van der Waals surface area contributed by atoms with Crippen molar-refractivity contribution in [2.75, 3.05) is 0 Å². The van der Waals surface area contributed by atoms with Gasteiger partial charge in [0.2, 0.25) is 0 Å². The summed E-state index contributed by atoms with van der Waals surface area (Å²) in [6.07, 6.45) is 8.97. The molecule has 0 fully saturated rings. The van der Waals surface area contributed by atoms with Crippen LogP contribution in [0, 0.1) is 6.92 Å². The number of thioether (sulfide) groups is 1. The van der Waals surface area contributed by atoms with Crippen molar-refractivity contribution in [3.8, 4) is 0 Å². The Labute approximate surface area is 89.7 Å². The Balaban J connectivity index is 2.07. The highest BCUT2D eigenvalue weighted by Gasteiger charge is 2.01. The predicted octanol–water partition coefficient (Wildman–Crippen LogP) is 4.32. The molecule has 0 spiro atoms. The van der Waals surface area contributed by atoms with Crippen LogP contribution >= 0.6 is 11.8 Å². The van der Waals surface area contributed by atoms with Crippen molar-refractivity contribution >= 4 is 11.8 Å². The van der Waals surface area contributed by atoms with Crippen LogP contribution in [0.15, 0.2) is 52.3 Å². The van der Waals surface area contributed by atoms with E-state index in [1.54, 1.807) is 0 Å². The molecule has 1 aromatic carbocycles. The summed E-state index contributed by atoms with van der Waals surface area (Å²) >= 11 is 1.88. The van der Waals surface area contributed by atoms with Crippen LogP contribution in [0.2, 0.25) is 0 Å². The molecule has 1 aliphatic rings. The average Bonchev–Trinajstić information content (AvgIpc) is 2.23. The van der Waals surface area contributed by atoms with E-state index in [1.807, 2.05) is 11.8 Å². The first-order chi connectivity index (χ1) is 6.84. The molecule has 0 aliphatic heterocycles. The fourth-order valence-electron chi connectivity index (χ4n) is 1.42. The summed E-state index contributed by atoms with van der Waals surface area (Å²) in [4.78, 5) is 2.81. The Kier molecular flexibility index (Phi) is 3.10. The lowest BCUT2D eigenvalue weighted by Gasteiger charge is -2.08. The molecule has 0 saturated carbocycles. The Morgan fingerprint density at radius 2 is 1.93 bits per heavy atom. The van der Waals surface area contributed by atoms with Crippen LogP contribution in [0.3, 0.4) is 0 Å². The number of hydrogen-bond acceptors (Lipinski definition) is 1. The number of benzene rings is 1. The highest BCUT2D eigenvalue weighted by Crippen LogP contribution is 2.31. The van der Waals surface area contributed by atoms with Gasteiger partial charge in [-0.25, -0.2) is 0 Å². The van der Waals surface area contributed by atoms with Crippen LogP contribution < -0.4 is 0 Å². The van der Waals surface area contributed by atoms with E-state index in [1.165, 1.54) is 28.2 Å². The van der Waals surface area contributed by atoms with Crippen molar-refractivity contribution in [3.63, 3.8) is 0 Å². The van der Waals surface area contributed by atoms with Crippen LogP contribution in [0.5, 0.6) is 0 Å². The summed E-state index contributed by atoms with van der Waals surface area (Å²) in [5, 5.41) is 0. The van der Waals surface area contributed by atoms with Gasteiger partial charge < -0.3 is 0 Å². The summed E-state index contributed by atoms with van der Waals surface area (Å²) < 4.78 is 0. The lowest BCUT2D eigenvalue weighted by atomic mass is 10.2. The maximum Gasteiger partial charge on any atom is 0.0119 e. The molecule has 0 atom stereocenters. The van der Waals surface area contributed by atoms with E-state index in [9.17, 15) is 0 Å². The first-order valence-electron chi connectivity index (χ1n) is 4.95. The lowest BCUT2D eigenvalue weighted by molar-refractivity contribution is 1.02. The van der Waals surface area contributed by atoms with Gasteiger partial charge >= 0.3 is 0 Å². The smallest absolute Gasteiger partial charge is 0.0119 e. The topological polar surface area (TPSA) is 0 Å². The molecule has 0 unspecified atom stereocenters. The Hall–Kier alpha value is -0.950. The number of aryl methyl sites for hydroxylation is 1. The molecule has 0 bridgehead atoms. The molecule has 0 N–H and O–H groups in total. The normalized spacial score (nSPS) is 15.4. The molecule has 72 valence electrons. The van der Waals surface area contributed by atoms with Crippen molar-refractivity contribution in [2.24, 2.45) is 0 Å². The molecule has 0 saturated heterocycles. The Bertz CT molecular complexity index is 357. The monoisotopic (exact) mass is 202 g/mol. The van der Waals surface area contributed by atoms with E-state index < -0.39 is 0 Å². The van der Waals surface area contributed by atoms with Gasteiger partial charge in [-0.05, 0) is 36.8 Å². The van der Waals surface area contributed by atoms with Gasteiger partial charge in [-0.15, -0.1) is 0 Å². The quantitative estimate of drug-likeness (QED) is 0.688. The SMILES string of the molecule is Cc1ccc(SC2=CC=CCC2)cc1. The maximum absolute atomic E-state index is 2.22. The van der Waals surface area contributed by atoms with E-state index in [0.717, 1.165) is 0 Å². The summed E-state index contributed by atoms with van der Waals surface area (Å²) in [6, 6.07) is 8.72. The Morgan fingerprint density at radius 3 is 2.57 bits per heavy atom. The van der Waals surface area contributed by atoms with Crippen molar-refractivity contribution in [1.82, 2.24) is 0 Å². The van der Waals surface area contributed by atoms with Crippen LogP contribution in [-0.2, 0) is 0 Å². The molecule has 1 aromatic rings. The van der Waals surface area contributed by atoms with Gasteiger partial charge in [-0.2, -0.15) is 0 Å². The van der Waals surface area contributed by atoms with E-state index in [0.29, 0.717) is 0 Å². The molecule has 0 amide bonds. The molecular weight excluding hydrogens is 188 g/mol. The van der Waals surface area contributed by atoms with Gasteiger partial charge in [-0.3, -0.25) is 0 Å². The van der Waals surface area contributed by atoms with E-state index >= 15 is 0 Å². The van der Waals surface area contributed by atoms with Gasteiger partial charge in [0.1, 0.15) is 0 Å². The zero-order valence-electron chi connectivity index (χ0n) is 8.36. The third kappa shape index (κ3) is 2.52. The Morgan fingerprint density at radius 1 is 1.14 bits per heavy atom. The third-order valence-electron chi connectivity index (χ3n) is 2.25. The molecule has 2 rings (SSSR count). The summed E-state index contributed by atoms with van der Waals surface area (Å²) in [6.45, 7) is 2.12. The first kappa shape index (κ1) is 9.60. The van der Waals surface area contributed by atoms with Crippen LogP contribution in [0.4, 0.5) is 0 Å². The minimum Gasteiger partial charge on any atom is -0.0945 e. The van der Waals surface area contributed by atoms with Crippen molar-refractivity contribution in [1.29, 1.82) is 0 Å². The van der Waals surface area contributed by atoms with E-state index in [4.69, 9.17) is 0 Å². The van der Waals surface area contributed by atoms with Crippen molar-refractivity contribution < 1.29 is 0 Å². The molecule has 0 aromatic heterocycles. The van der Waals surface area contributed by atoms with Crippen molar-refractivity contribution in [3.05, 3.63) is 53.0 Å². The molecule has 0 radical (unpaired) electrons. The summed E-state index contributed by atoms with van der Waals surface area (Å²) in [7, 11) is 0. The lowest BCUT2D eigenvalue weighted by Crippen LogP contribution is -1.82. The maximum atomic E-state index is 2.22. The highest BCUT2D eigenvalue weighted by molar-refractivity contribution is 8.03. The van der Waals surface area contributed by atoms with E-state index in [-0.39, 0.29) is 0 Å². The van der Waals surface area contributed by atoms with Crippen molar-refractivity contribution in [2.45, 2.75) is 24.7 Å². The molecule has 0 heterocycles. The van der Waals surface area contributed by atoms with Gasteiger partial charge in [0.15, 0.2) is 0 Å². The second-order valence-corrected chi connectivity index (χ2v) is 4.71. The molecule has 14 heavy (non-hydrogen) atoms. The number of hydrogen-bond donors (Lipinski definition) is 0. The van der Waals surface area contributed by atoms with Crippen LogP contribution in [0.1, 0.15) is 18.4 Å². The predicted molar refractivity (Wildman–Crippen MR) is 63.5 cm³/mol. The fourth-order valence-corrected chi connectivity index (χ4v) is 2.36. The molecular formula is C13H14S. The molecule has 0 nitrogen and oxygen atoms in total. The minimum absolute atomic E-state index is 1.19. The highest BCUT2D eigenvalue weighted by atomic mass is 32.2. The second-order valence-electron chi connectivity index (χ2n) is 3.51. The first-order valence-corrected chi connectivity index (χ1v) is 5.76. The third-order valence-corrected chi connectivity index (χ3v) is 3.36. The summed E-state index contributed by atoms with van der Waals surface area (Å²) in [5.74, 6) is 0. The van der Waals surface area contributed by atoms with Gasteiger partial charge in [0.25, 0.3) is 0 Å². The molecule has 1 aliphatic carbocycles. The zero-order valence-corrected chi connectivity index (χ0v) is 9.18. The second kappa shape index (κ2) is 4.52. The van der Waals surface area contributed by atoms with E-state index in [2.05, 4.69) is 49.4 Å². The average molecular weight is 202 g/mol. The fraction of sp³-hybridized carbons (Fsp3) is 0.231. The largest absolute Gasteiger partial charge is 0.0945 e.